The Balaban J connectivity index is 2.79. The van der Waals surface area contributed by atoms with Gasteiger partial charge in [0.1, 0.15) is 5.75 Å². The topological polar surface area (TPSA) is 29.5 Å². The number of hydrogen-bond acceptors (Lipinski definition) is 2. The van der Waals surface area contributed by atoms with Crippen molar-refractivity contribution in [3.63, 3.8) is 0 Å². The van der Waals surface area contributed by atoms with Gasteiger partial charge in [-0.05, 0) is 12.1 Å². The van der Waals surface area contributed by atoms with Gasteiger partial charge in [0.25, 0.3) is 0 Å². The van der Waals surface area contributed by atoms with Crippen molar-refractivity contribution in [1.29, 1.82) is 0 Å². The van der Waals surface area contributed by atoms with Gasteiger partial charge in [0.15, 0.2) is 0 Å². The van der Waals surface area contributed by atoms with Crippen LogP contribution in [0.2, 0.25) is 0 Å². The maximum Gasteiger partial charge on any atom is 0.454 e. The van der Waals surface area contributed by atoms with E-state index in [1.807, 2.05) is 0 Å². The molecular formula is C9H9F3O2. The zero-order chi connectivity index (χ0) is 10.8. The third kappa shape index (κ3) is 2.38. The van der Waals surface area contributed by atoms with Crippen molar-refractivity contribution in [2.45, 2.75) is 18.9 Å². The van der Waals surface area contributed by atoms with Gasteiger partial charge in [-0.2, -0.15) is 13.2 Å². The Kier molecular flexibility index (Phi) is 2.71. The van der Waals surface area contributed by atoms with Crippen LogP contribution in [0.5, 0.6) is 5.75 Å². The number of halogens is 3. The Labute approximate surface area is 78.9 Å². The highest BCUT2D eigenvalue weighted by molar-refractivity contribution is 5.21. The van der Waals surface area contributed by atoms with Crippen LogP contribution in [-0.2, 0) is 0 Å². The first-order valence-corrected chi connectivity index (χ1v) is 3.86. The highest BCUT2D eigenvalue weighted by Gasteiger charge is 2.52. The zero-order valence-electron chi connectivity index (χ0n) is 7.38. The quantitative estimate of drug-likeness (QED) is 0.752. The highest BCUT2D eigenvalue weighted by atomic mass is 19.4. The number of rotatable bonds is 2. The Morgan fingerprint density at radius 2 is 1.64 bits per heavy atom. The molecule has 0 aliphatic carbocycles. The minimum Gasteiger partial charge on any atom is -0.453 e. The second-order valence-corrected chi connectivity index (χ2v) is 2.90. The predicted octanol–water partition coefficient (Wildman–Crippen LogP) is 2.34. The van der Waals surface area contributed by atoms with Gasteiger partial charge in [-0.25, -0.2) is 0 Å². The van der Waals surface area contributed by atoms with Crippen LogP contribution in [0.1, 0.15) is 6.92 Å². The Bertz CT molecular complexity index is 293. The molecular weight excluding hydrogens is 197 g/mol. The molecule has 0 spiro atoms. The van der Waals surface area contributed by atoms with Crippen molar-refractivity contribution in [1.82, 2.24) is 0 Å². The van der Waals surface area contributed by atoms with E-state index in [-0.39, 0.29) is 5.75 Å². The summed E-state index contributed by atoms with van der Waals surface area (Å²) in [6.07, 6.45) is -4.82. The van der Waals surface area contributed by atoms with Crippen LogP contribution in [0.25, 0.3) is 0 Å². The first-order chi connectivity index (χ1) is 6.33. The van der Waals surface area contributed by atoms with Crippen molar-refractivity contribution in [2.75, 3.05) is 0 Å². The molecule has 1 rings (SSSR count). The molecule has 0 radical (unpaired) electrons. The molecule has 0 saturated carbocycles. The van der Waals surface area contributed by atoms with E-state index in [1.165, 1.54) is 24.3 Å². The second kappa shape index (κ2) is 3.49. The van der Waals surface area contributed by atoms with Crippen LogP contribution in [0, 0.1) is 0 Å². The second-order valence-electron chi connectivity index (χ2n) is 2.90. The van der Waals surface area contributed by atoms with Gasteiger partial charge in [-0.15, -0.1) is 0 Å². The monoisotopic (exact) mass is 206 g/mol. The average molecular weight is 206 g/mol. The number of benzene rings is 1. The molecule has 0 saturated heterocycles. The maximum absolute atomic E-state index is 12.1. The molecule has 0 fully saturated rings. The Morgan fingerprint density at radius 3 is 2.07 bits per heavy atom. The van der Waals surface area contributed by atoms with Crippen LogP contribution < -0.4 is 4.74 Å². The maximum atomic E-state index is 12.1. The fourth-order valence-corrected chi connectivity index (χ4v) is 0.776. The van der Waals surface area contributed by atoms with Gasteiger partial charge < -0.3 is 9.84 Å². The van der Waals surface area contributed by atoms with Crippen molar-refractivity contribution in [2.24, 2.45) is 0 Å². The van der Waals surface area contributed by atoms with Crippen molar-refractivity contribution < 1.29 is 23.0 Å². The normalized spacial score (nSPS) is 16.1. The smallest absolute Gasteiger partial charge is 0.453 e. The average Bonchev–Trinajstić information content (AvgIpc) is 2.03. The van der Waals surface area contributed by atoms with E-state index in [0.717, 1.165) is 0 Å². The van der Waals surface area contributed by atoms with Gasteiger partial charge in [0.2, 0.25) is 0 Å². The number of ether oxygens (including phenoxy) is 1. The van der Waals surface area contributed by atoms with E-state index in [2.05, 4.69) is 4.74 Å². The molecule has 14 heavy (non-hydrogen) atoms. The summed E-state index contributed by atoms with van der Waals surface area (Å²) in [5, 5.41) is 8.96. The molecule has 0 aliphatic rings. The van der Waals surface area contributed by atoms with Gasteiger partial charge in [-0.1, -0.05) is 18.2 Å². The molecule has 0 aromatic heterocycles. The molecule has 1 aromatic carbocycles. The fourth-order valence-electron chi connectivity index (χ4n) is 0.776. The summed E-state index contributed by atoms with van der Waals surface area (Å²) < 4.78 is 40.8. The number of para-hydroxylation sites is 1. The molecule has 0 aliphatic heterocycles. The molecule has 78 valence electrons. The van der Waals surface area contributed by atoms with E-state index in [9.17, 15) is 13.2 Å². The van der Waals surface area contributed by atoms with Crippen molar-refractivity contribution >= 4 is 0 Å². The minimum absolute atomic E-state index is 0.0326. The number of alkyl halides is 3. The summed E-state index contributed by atoms with van der Waals surface area (Å²) in [5.41, 5.74) is 0. The van der Waals surface area contributed by atoms with E-state index in [0.29, 0.717) is 6.92 Å². The summed E-state index contributed by atoms with van der Waals surface area (Å²) in [7, 11) is 0. The number of aliphatic hydroxyl groups is 1. The molecule has 5 heteroatoms. The third-order valence-electron chi connectivity index (χ3n) is 1.59. The van der Waals surface area contributed by atoms with Gasteiger partial charge >= 0.3 is 12.0 Å². The summed E-state index contributed by atoms with van der Waals surface area (Å²) in [6.45, 7) is 0.556. The summed E-state index contributed by atoms with van der Waals surface area (Å²) in [6, 6.07) is 7.33. The van der Waals surface area contributed by atoms with E-state index < -0.39 is 12.0 Å². The van der Waals surface area contributed by atoms with E-state index in [1.54, 1.807) is 6.07 Å². The van der Waals surface area contributed by atoms with Crippen LogP contribution in [0.4, 0.5) is 13.2 Å². The minimum atomic E-state index is -4.82. The lowest BCUT2D eigenvalue weighted by molar-refractivity contribution is -0.326. The standard InChI is InChI=1S/C9H9F3O2/c1-8(13,9(10,11)12)14-7-5-3-2-4-6-7/h2-6,13H,1H3. The lowest BCUT2D eigenvalue weighted by Gasteiger charge is -2.26. The van der Waals surface area contributed by atoms with E-state index >= 15 is 0 Å². The van der Waals surface area contributed by atoms with Crippen LogP contribution in [-0.4, -0.2) is 17.1 Å². The predicted molar refractivity (Wildman–Crippen MR) is 43.7 cm³/mol. The first-order valence-electron chi connectivity index (χ1n) is 3.86. The Hall–Kier alpha value is -1.23. The molecule has 1 N–H and O–H groups in total. The van der Waals surface area contributed by atoms with Crippen molar-refractivity contribution in [3.05, 3.63) is 30.3 Å². The molecule has 2 nitrogen and oxygen atoms in total. The lowest BCUT2D eigenvalue weighted by atomic mass is 10.3. The molecule has 1 atom stereocenters. The summed E-state index contributed by atoms with van der Waals surface area (Å²) in [4.78, 5) is 0. The van der Waals surface area contributed by atoms with E-state index in [4.69, 9.17) is 5.11 Å². The molecule has 0 amide bonds. The molecule has 1 unspecified atom stereocenters. The SMILES string of the molecule is CC(O)(Oc1ccccc1)C(F)(F)F. The largest absolute Gasteiger partial charge is 0.454 e. The summed E-state index contributed by atoms with van der Waals surface area (Å²) in [5.74, 6) is -3.19. The molecule has 0 bridgehead atoms. The molecule has 0 heterocycles. The first kappa shape index (κ1) is 10.8. The fraction of sp³-hybridized carbons (Fsp3) is 0.333. The van der Waals surface area contributed by atoms with Gasteiger partial charge in [-0.3, -0.25) is 0 Å². The van der Waals surface area contributed by atoms with Crippen LogP contribution in [0.15, 0.2) is 30.3 Å². The van der Waals surface area contributed by atoms with Crippen LogP contribution >= 0.6 is 0 Å². The summed E-state index contributed by atoms with van der Waals surface area (Å²) >= 11 is 0. The molecule has 1 aromatic rings. The van der Waals surface area contributed by atoms with Gasteiger partial charge in [0, 0.05) is 6.92 Å². The lowest BCUT2D eigenvalue weighted by Crippen LogP contribution is -2.47. The van der Waals surface area contributed by atoms with Crippen molar-refractivity contribution in [3.8, 4) is 5.75 Å². The number of hydrogen-bond donors (Lipinski definition) is 1. The van der Waals surface area contributed by atoms with Gasteiger partial charge in [0.05, 0.1) is 0 Å². The third-order valence-corrected chi connectivity index (χ3v) is 1.59. The highest BCUT2D eigenvalue weighted by Crippen LogP contribution is 2.32. The zero-order valence-corrected chi connectivity index (χ0v) is 7.38. The van der Waals surface area contributed by atoms with Crippen LogP contribution in [0.3, 0.4) is 0 Å². The Morgan fingerprint density at radius 1 is 1.14 bits per heavy atom.